The number of esters is 3. The zero-order valence-electron chi connectivity index (χ0n) is 55.2. The summed E-state index contributed by atoms with van der Waals surface area (Å²) in [6.45, 7) is 6.55. The first-order chi connectivity index (χ1) is 41.0. The van der Waals surface area contributed by atoms with Crippen LogP contribution in [0.1, 0.15) is 367 Å². The van der Waals surface area contributed by atoms with Crippen LogP contribution in [0.15, 0.2) is 85.1 Å². The van der Waals surface area contributed by atoms with Crippen molar-refractivity contribution in [1.29, 1.82) is 0 Å². The first-order valence-corrected chi connectivity index (χ1v) is 36.1. The van der Waals surface area contributed by atoms with Gasteiger partial charge in [0.1, 0.15) is 13.2 Å². The van der Waals surface area contributed by atoms with Crippen molar-refractivity contribution < 1.29 is 28.6 Å². The fourth-order valence-electron chi connectivity index (χ4n) is 10.5. The molecule has 0 N–H and O–H groups in total. The molecule has 0 aliphatic rings. The number of carbonyl (C=O) groups excluding carboxylic acids is 3. The Morgan fingerprint density at radius 1 is 0.253 bits per heavy atom. The van der Waals surface area contributed by atoms with Crippen molar-refractivity contribution in [3.63, 3.8) is 0 Å². The zero-order chi connectivity index (χ0) is 59.9. The molecular weight excluding hydrogens is 1020 g/mol. The summed E-state index contributed by atoms with van der Waals surface area (Å²) in [6, 6.07) is 0. The molecule has 0 heterocycles. The van der Waals surface area contributed by atoms with Gasteiger partial charge in [-0.25, -0.2) is 0 Å². The molecule has 6 nitrogen and oxygen atoms in total. The molecule has 0 aliphatic carbocycles. The van der Waals surface area contributed by atoms with Gasteiger partial charge in [-0.15, -0.1) is 0 Å². The molecular formula is C77H136O6. The van der Waals surface area contributed by atoms with Crippen LogP contribution < -0.4 is 0 Å². The predicted octanol–water partition coefficient (Wildman–Crippen LogP) is 25.0. The van der Waals surface area contributed by atoms with Gasteiger partial charge in [-0.1, -0.05) is 337 Å². The third-order valence-corrected chi connectivity index (χ3v) is 15.9. The second-order valence-electron chi connectivity index (χ2n) is 24.1. The van der Waals surface area contributed by atoms with E-state index in [2.05, 4.69) is 106 Å². The molecule has 0 aliphatic heterocycles. The highest BCUT2D eigenvalue weighted by molar-refractivity contribution is 5.71. The molecule has 1 unspecified atom stereocenters. The van der Waals surface area contributed by atoms with Gasteiger partial charge in [0, 0.05) is 19.3 Å². The van der Waals surface area contributed by atoms with Gasteiger partial charge in [-0.3, -0.25) is 14.4 Å². The van der Waals surface area contributed by atoms with Crippen molar-refractivity contribution in [1.82, 2.24) is 0 Å². The summed E-state index contributed by atoms with van der Waals surface area (Å²) in [4.78, 5) is 38.5. The monoisotopic (exact) mass is 1160 g/mol. The summed E-state index contributed by atoms with van der Waals surface area (Å²) >= 11 is 0. The van der Waals surface area contributed by atoms with E-state index >= 15 is 0 Å². The first kappa shape index (κ1) is 79.6. The smallest absolute Gasteiger partial charge is 0.306 e. The number of unbranched alkanes of at least 4 members (excludes halogenated alkanes) is 41. The van der Waals surface area contributed by atoms with Crippen LogP contribution in [-0.2, 0) is 28.6 Å². The summed E-state index contributed by atoms with van der Waals surface area (Å²) in [6.07, 6.45) is 94.6. The lowest BCUT2D eigenvalue weighted by molar-refractivity contribution is -0.167. The predicted molar refractivity (Wildman–Crippen MR) is 362 cm³/mol. The first-order valence-electron chi connectivity index (χ1n) is 36.1. The van der Waals surface area contributed by atoms with Gasteiger partial charge in [-0.2, -0.15) is 0 Å². The van der Waals surface area contributed by atoms with Gasteiger partial charge >= 0.3 is 17.9 Å². The zero-order valence-corrected chi connectivity index (χ0v) is 55.2. The third kappa shape index (κ3) is 69.3. The Bertz CT molecular complexity index is 1570. The Hall–Kier alpha value is -3.41. The Morgan fingerprint density at radius 2 is 0.470 bits per heavy atom. The maximum atomic E-state index is 13.0. The van der Waals surface area contributed by atoms with E-state index < -0.39 is 6.10 Å². The number of allylic oxidation sites excluding steroid dienone is 14. The van der Waals surface area contributed by atoms with E-state index in [0.717, 1.165) is 109 Å². The average molecular weight is 1160 g/mol. The molecule has 83 heavy (non-hydrogen) atoms. The summed E-state index contributed by atoms with van der Waals surface area (Å²) in [5.41, 5.74) is 0. The van der Waals surface area contributed by atoms with Gasteiger partial charge in [-0.05, 0) is 96.3 Å². The topological polar surface area (TPSA) is 78.9 Å². The van der Waals surface area contributed by atoms with Crippen LogP contribution in [-0.4, -0.2) is 37.2 Å². The van der Waals surface area contributed by atoms with E-state index in [1.54, 1.807) is 0 Å². The van der Waals surface area contributed by atoms with Gasteiger partial charge in [0.05, 0.1) is 0 Å². The third-order valence-electron chi connectivity index (χ3n) is 15.9. The van der Waals surface area contributed by atoms with E-state index in [1.807, 2.05) is 0 Å². The van der Waals surface area contributed by atoms with Crippen molar-refractivity contribution >= 4 is 17.9 Å². The SMILES string of the molecule is CC/C=C\C/C=C\C/C=C\C/C=C\CCCCCCCCCCCCCCCCCCC(=O)OCC(COC(=O)CCCCCCCCCCCCCCCCCCC)OC(=O)CCCCCCCC/C=C\C/C=C\C/C=C\CCCCC. The van der Waals surface area contributed by atoms with E-state index in [-0.39, 0.29) is 31.1 Å². The quantitative estimate of drug-likeness (QED) is 0.0261. The largest absolute Gasteiger partial charge is 0.462 e. The number of carbonyl (C=O) groups is 3. The van der Waals surface area contributed by atoms with E-state index in [1.165, 1.54) is 218 Å². The molecule has 0 bridgehead atoms. The van der Waals surface area contributed by atoms with Crippen molar-refractivity contribution in [3.8, 4) is 0 Å². The molecule has 0 aromatic heterocycles. The Morgan fingerprint density at radius 3 is 0.759 bits per heavy atom. The van der Waals surface area contributed by atoms with Gasteiger partial charge < -0.3 is 14.2 Å². The number of hydrogen-bond donors (Lipinski definition) is 0. The lowest BCUT2D eigenvalue weighted by atomic mass is 10.0. The highest BCUT2D eigenvalue weighted by atomic mass is 16.6. The normalized spacial score (nSPS) is 12.6. The standard InChI is InChI=1S/C77H136O6/c1-4-7-10-13-16-19-22-25-28-31-33-34-35-36-37-38-39-40-41-42-44-46-49-52-55-58-61-64-67-70-76(79)82-73-74(72-81-75(78)69-66-63-60-57-54-51-48-45-30-27-24-21-18-15-12-9-6-3)83-77(80)71-68-65-62-59-56-53-50-47-43-32-29-26-23-20-17-14-11-8-5-2/h7,10,16-17,19-20,25-26,28-29,33-34,43,47,74H,4-6,8-9,11-15,18,21-24,27,30-32,35-42,44-46,48-73H2,1-3H3/b10-7-,19-16-,20-17-,28-25-,29-26-,34-33-,47-43-. The molecule has 6 heteroatoms. The van der Waals surface area contributed by atoms with Crippen molar-refractivity contribution in [3.05, 3.63) is 85.1 Å². The molecule has 0 aromatic carbocycles. The molecule has 0 saturated carbocycles. The lowest BCUT2D eigenvalue weighted by Crippen LogP contribution is -2.30. The number of rotatable bonds is 66. The number of hydrogen-bond acceptors (Lipinski definition) is 6. The minimum Gasteiger partial charge on any atom is -0.462 e. The Labute approximate surface area is 515 Å². The van der Waals surface area contributed by atoms with Crippen LogP contribution in [0.25, 0.3) is 0 Å². The lowest BCUT2D eigenvalue weighted by Gasteiger charge is -2.18. The molecule has 0 rings (SSSR count). The molecule has 480 valence electrons. The second-order valence-corrected chi connectivity index (χ2v) is 24.1. The maximum absolute atomic E-state index is 13.0. The van der Waals surface area contributed by atoms with Crippen LogP contribution in [0.2, 0.25) is 0 Å². The molecule has 0 radical (unpaired) electrons. The van der Waals surface area contributed by atoms with Gasteiger partial charge in [0.15, 0.2) is 6.10 Å². The van der Waals surface area contributed by atoms with E-state index in [0.29, 0.717) is 19.3 Å². The molecule has 0 saturated heterocycles. The van der Waals surface area contributed by atoms with Crippen LogP contribution in [0.4, 0.5) is 0 Å². The van der Waals surface area contributed by atoms with Gasteiger partial charge in [0.25, 0.3) is 0 Å². The Balaban J connectivity index is 4.29. The fourth-order valence-corrected chi connectivity index (χ4v) is 10.5. The highest BCUT2D eigenvalue weighted by Crippen LogP contribution is 2.18. The van der Waals surface area contributed by atoms with Crippen LogP contribution in [0.5, 0.6) is 0 Å². The average Bonchev–Trinajstić information content (AvgIpc) is 3.49. The molecule has 1 atom stereocenters. The summed E-state index contributed by atoms with van der Waals surface area (Å²) in [5.74, 6) is -0.866. The van der Waals surface area contributed by atoms with Crippen molar-refractivity contribution in [2.45, 2.75) is 374 Å². The van der Waals surface area contributed by atoms with Crippen LogP contribution in [0.3, 0.4) is 0 Å². The van der Waals surface area contributed by atoms with Crippen LogP contribution in [0, 0.1) is 0 Å². The second kappa shape index (κ2) is 71.1. The summed E-state index contributed by atoms with van der Waals surface area (Å²) < 4.78 is 17.0. The summed E-state index contributed by atoms with van der Waals surface area (Å²) in [7, 11) is 0. The van der Waals surface area contributed by atoms with Crippen molar-refractivity contribution in [2.24, 2.45) is 0 Å². The number of ether oxygens (including phenoxy) is 3. The van der Waals surface area contributed by atoms with Gasteiger partial charge in [0.2, 0.25) is 0 Å². The molecule has 0 fully saturated rings. The molecule has 0 amide bonds. The fraction of sp³-hybridized carbons (Fsp3) is 0.779. The van der Waals surface area contributed by atoms with Crippen molar-refractivity contribution in [2.75, 3.05) is 13.2 Å². The highest BCUT2D eigenvalue weighted by Gasteiger charge is 2.19. The van der Waals surface area contributed by atoms with E-state index in [4.69, 9.17) is 14.2 Å². The minimum absolute atomic E-state index is 0.0767. The van der Waals surface area contributed by atoms with Crippen LogP contribution >= 0.6 is 0 Å². The van der Waals surface area contributed by atoms with E-state index in [9.17, 15) is 14.4 Å². The summed E-state index contributed by atoms with van der Waals surface area (Å²) in [5, 5.41) is 0. The molecule has 0 aromatic rings. The minimum atomic E-state index is -0.783. The maximum Gasteiger partial charge on any atom is 0.306 e. The Kier molecular flexibility index (Phi) is 68.2. The molecule has 0 spiro atoms.